The summed E-state index contributed by atoms with van der Waals surface area (Å²) in [7, 11) is 0. The van der Waals surface area contributed by atoms with Crippen LogP contribution in [0.5, 0.6) is 0 Å². The number of nitrogen functional groups attached to an aromatic ring is 2. The van der Waals surface area contributed by atoms with Gasteiger partial charge in [-0.3, -0.25) is 0 Å². The number of hydrogen-bond acceptors (Lipinski definition) is 2. The van der Waals surface area contributed by atoms with Crippen LogP contribution in [0.4, 0.5) is 11.4 Å². The fourth-order valence-corrected chi connectivity index (χ4v) is 3.21. The fourth-order valence-electron chi connectivity index (χ4n) is 1.97. The van der Waals surface area contributed by atoms with E-state index in [-0.39, 0.29) is 0 Å². The normalized spacial score (nSPS) is 10.1. The van der Waals surface area contributed by atoms with Gasteiger partial charge in [-0.1, -0.05) is 58.5 Å². The van der Waals surface area contributed by atoms with Gasteiger partial charge in [0, 0.05) is 37.0 Å². The molecule has 0 bridgehead atoms. The largest absolute Gasteiger partial charge is 0.399 e. The third-order valence-electron chi connectivity index (χ3n) is 3.16. The average molecular weight is 479 g/mol. The highest BCUT2D eigenvalue weighted by atomic mass is 79.9. The van der Waals surface area contributed by atoms with Crippen LogP contribution in [-0.2, 0) is 0 Å². The molecular formula is C18H13BrCl4N2. The van der Waals surface area contributed by atoms with Crippen molar-refractivity contribution in [2.75, 3.05) is 11.5 Å². The first-order valence-electron chi connectivity index (χ1n) is 6.99. The second-order valence-corrected chi connectivity index (χ2v) is 7.55. The van der Waals surface area contributed by atoms with Crippen LogP contribution in [0.25, 0.3) is 11.1 Å². The van der Waals surface area contributed by atoms with E-state index in [1.807, 2.05) is 18.2 Å². The second kappa shape index (κ2) is 9.02. The van der Waals surface area contributed by atoms with Gasteiger partial charge >= 0.3 is 0 Å². The van der Waals surface area contributed by atoms with E-state index in [0.29, 0.717) is 31.5 Å². The van der Waals surface area contributed by atoms with Crippen LogP contribution in [0.15, 0.2) is 59.1 Å². The van der Waals surface area contributed by atoms with Crippen molar-refractivity contribution in [3.8, 4) is 11.1 Å². The summed E-state index contributed by atoms with van der Waals surface area (Å²) >= 11 is 27.0. The predicted octanol–water partition coefficient (Wildman–Crippen LogP) is 7.58. The van der Waals surface area contributed by atoms with Crippen molar-refractivity contribution in [3.63, 3.8) is 0 Å². The van der Waals surface area contributed by atoms with E-state index >= 15 is 0 Å². The summed E-state index contributed by atoms with van der Waals surface area (Å²) in [4.78, 5) is 0. The molecule has 0 aliphatic rings. The molecule has 3 aromatic carbocycles. The first kappa shape index (κ1) is 20.2. The maximum atomic E-state index is 6.10. The molecule has 0 aliphatic carbocycles. The van der Waals surface area contributed by atoms with Crippen LogP contribution < -0.4 is 11.5 Å². The third kappa shape index (κ3) is 5.70. The van der Waals surface area contributed by atoms with Crippen molar-refractivity contribution in [1.82, 2.24) is 0 Å². The number of hydrogen-bond donors (Lipinski definition) is 2. The Morgan fingerprint density at radius 2 is 1.08 bits per heavy atom. The molecule has 0 spiro atoms. The van der Waals surface area contributed by atoms with Crippen LogP contribution in [0.2, 0.25) is 20.1 Å². The Morgan fingerprint density at radius 1 is 0.600 bits per heavy atom. The van der Waals surface area contributed by atoms with Crippen molar-refractivity contribution in [2.24, 2.45) is 0 Å². The zero-order valence-corrected chi connectivity index (χ0v) is 17.4. The van der Waals surface area contributed by atoms with Crippen molar-refractivity contribution in [3.05, 3.63) is 79.2 Å². The molecular weight excluding hydrogens is 466 g/mol. The Bertz CT molecular complexity index is 851. The van der Waals surface area contributed by atoms with Crippen LogP contribution in [-0.4, -0.2) is 0 Å². The molecule has 0 unspecified atom stereocenters. The van der Waals surface area contributed by atoms with Gasteiger partial charge in [-0.2, -0.15) is 0 Å². The maximum Gasteiger partial charge on any atom is 0.0568 e. The van der Waals surface area contributed by atoms with Gasteiger partial charge < -0.3 is 11.5 Å². The zero-order valence-electron chi connectivity index (χ0n) is 12.7. The zero-order chi connectivity index (χ0) is 18.6. The summed E-state index contributed by atoms with van der Waals surface area (Å²) < 4.78 is 0.873. The molecule has 0 fully saturated rings. The van der Waals surface area contributed by atoms with Crippen LogP contribution >= 0.6 is 62.3 Å². The molecule has 0 radical (unpaired) electrons. The Kier molecular flexibility index (Phi) is 7.29. The summed E-state index contributed by atoms with van der Waals surface area (Å²) in [5.74, 6) is 0. The van der Waals surface area contributed by atoms with Gasteiger partial charge in [0.25, 0.3) is 0 Å². The molecule has 2 nitrogen and oxygen atoms in total. The summed E-state index contributed by atoms with van der Waals surface area (Å²) in [5, 5.41) is 2.39. The maximum absolute atomic E-state index is 6.10. The first-order chi connectivity index (χ1) is 11.8. The van der Waals surface area contributed by atoms with Crippen molar-refractivity contribution in [1.29, 1.82) is 0 Å². The van der Waals surface area contributed by atoms with E-state index < -0.39 is 0 Å². The lowest BCUT2D eigenvalue weighted by Crippen LogP contribution is -1.86. The Balaban J connectivity index is 0.000000212. The number of nitrogens with two attached hydrogens (primary N) is 2. The molecule has 0 aliphatic heterocycles. The number of benzene rings is 3. The standard InChI is InChI=1S/C12H8Cl3N.C6H5BrClN/c13-7-1-3-9(11(14)5-7)10-4-2-8(16)6-12(10)15;7-5-2-1-4(9)3-6(5)8/h1-6H,16H2;1-3H,9H2. The number of halogens is 5. The van der Waals surface area contributed by atoms with Gasteiger partial charge in [0.05, 0.1) is 10.0 Å². The van der Waals surface area contributed by atoms with E-state index in [2.05, 4.69) is 15.9 Å². The van der Waals surface area contributed by atoms with E-state index in [9.17, 15) is 0 Å². The Labute approximate surface area is 174 Å². The predicted molar refractivity (Wildman–Crippen MR) is 115 cm³/mol. The van der Waals surface area contributed by atoms with Crippen molar-refractivity contribution in [2.45, 2.75) is 0 Å². The summed E-state index contributed by atoms with van der Waals surface area (Å²) in [6.45, 7) is 0. The molecule has 7 heteroatoms. The quantitative estimate of drug-likeness (QED) is 0.354. The number of anilines is 2. The van der Waals surface area contributed by atoms with E-state index in [4.69, 9.17) is 57.9 Å². The number of rotatable bonds is 1. The van der Waals surface area contributed by atoms with Crippen LogP contribution in [0.3, 0.4) is 0 Å². The topological polar surface area (TPSA) is 52.0 Å². The van der Waals surface area contributed by atoms with Gasteiger partial charge in [0.1, 0.15) is 0 Å². The van der Waals surface area contributed by atoms with E-state index in [1.54, 1.807) is 36.4 Å². The Hall–Kier alpha value is -1.10. The fraction of sp³-hybridized carbons (Fsp3) is 0. The monoisotopic (exact) mass is 476 g/mol. The molecule has 0 aromatic heterocycles. The molecule has 3 rings (SSSR count). The molecule has 0 amide bonds. The second-order valence-electron chi connectivity index (χ2n) is 5.04. The molecule has 0 saturated carbocycles. The first-order valence-corrected chi connectivity index (χ1v) is 9.29. The van der Waals surface area contributed by atoms with E-state index in [1.165, 1.54) is 0 Å². The smallest absolute Gasteiger partial charge is 0.0568 e. The minimum atomic E-state index is 0.569. The lowest BCUT2D eigenvalue weighted by molar-refractivity contribution is 1.61. The van der Waals surface area contributed by atoms with Gasteiger partial charge in [-0.25, -0.2) is 0 Å². The lowest BCUT2D eigenvalue weighted by atomic mass is 10.1. The van der Waals surface area contributed by atoms with Crippen molar-refractivity contribution >= 4 is 73.7 Å². The van der Waals surface area contributed by atoms with Crippen molar-refractivity contribution < 1.29 is 0 Å². The lowest BCUT2D eigenvalue weighted by Gasteiger charge is -2.07. The average Bonchev–Trinajstić information content (AvgIpc) is 2.53. The van der Waals surface area contributed by atoms with Gasteiger partial charge in [0.2, 0.25) is 0 Å². The SMILES string of the molecule is Nc1ccc(-c2ccc(Cl)cc2Cl)c(Cl)c1.Nc1ccc(Br)c(Cl)c1. The highest BCUT2D eigenvalue weighted by molar-refractivity contribution is 9.10. The molecule has 3 aromatic rings. The van der Waals surface area contributed by atoms with Crippen LogP contribution in [0.1, 0.15) is 0 Å². The van der Waals surface area contributed by atoms with E-state index in [0.717, 1.165) is 15.6 Å². The van der Waals surface area contributed by atoms with Gasteiger partial charge in [-0.05, 0) is 58.4 Å². The minimum absolute atomic E-state index is 0.569. The summed E-state index contributed by atoms with van der Waals surface area (Å²) in [6, 6.07) is 15.9. The highest BCUT2D eigenvalue weighted by Gasteiger charge is 2.08. The highest BCUT2D eigenvalue weighted by Crippen LogP contribution is 2.35. The molecule has 4 N–H and O–H groups in total. The molecule has 0 saturated heterocycles. The van der Waals surface area contributed by atoms with Gasteiger partial charge in [-0.15, -0.1) is 0 Å². The summed E-state index contributed by atoms with van der Waals surface area (Å²) in [6.07, 6.45) is 0. The molecule has 25 heavy (non-hydrogen) atoms. The van der Waals surface area contributed by atoms with Crippen LogP contribution in [0, 0.1) is 0 Å². The Morgan fingerprint density at radius 3 is 1.56 bits per heavy atom. The molecule has 0 heterocycles. The molecule has 130 valence electrons. The summed E-state index contributed by atoms with van der Waals surface area (Å²) in [5.41, 5.74) is 14.0. The van der Waals surface area contributed by atoms with Gasteiger partial charge in [0.15, 0.2) is 0 Å². The third-order valence-corrected chi connectivity index (χ3v) is 5.25. The minimum Gasteiger partial charge on any atom is -0.399 e. The molecule has 0 atom stereocenters.